The number of hydrazone groups is 1. The van der Waals surface area contributed by atoms with Gasteiger partial charge in [0.05, 0.1) is 23.0 Å². The molecule has 3 N–H and O–H groups in total. The summed E-state index contributed by atoms with van der Waals surface area (Å²) in [4.78, 5) is 11.5. The number of hydrogen-bond donors (Lipinski definition) is 3. The van der Waals surface area contributed by atoms with E-state index in [9.17, 15) is 9.90 Å². The molecule has 0 spiro atoms. The Bertz CT molecular complexity index is 905. The molecule has 1 aromatic heterocycles. The minimum atomic E-state index is -1.40. The number of anilines is 1. The zero-order valence-corrected chi connectivity index (χ0v) is 14.9. The van der Waals surface area contributed by atoms with Crippen LogP contribution in [0.1, 0.15) is 24.2 Å². The lowest BCUT2D eigenvalue weighted by Crippen LogP contribution is -2.32. The summed E-state index contributed by atoms with van der Waals surface area (Å²) in [6.45, 7) is 0.164. The number of halogens is 2. The molecule has 3 rings (SSSR count). The maximum atomic E-state index is 11.5. The molecular weight excluding hydrogens is 379 g/mol. The molecule has 2 aromatic rings. The van der Waals surface area contributed by atoms with Crippen LogP contribution in [-0.4, -0.2) is 23.3 Å². The lowest BCUT2D eigenvalue weighted by atomic mass is 9.89. The number of carbonyl (C=O) groups is 1. The van der Waals surface area contributed by atoms with E-state index in [-0.39, 0.29) is 19.4 Å². The second kappa shape index (κ2) is 7.38. The number of carbonyl (C=O) groups excluding carboxylic acids is 1. The molecule has 0 radical (unpaired) electrons. The van der Waals surface area contributed by atoms with E-state index in [4.69, 9.17) is 32.9 Å². The number of furan rings is 1. The number of fused-ring (bicyclic) bond motifs is 1. The minimum Gasteiger partial charge on any atom is -0.463 e. The van der Waals surface area contributed by atoms with Gasteiger partial charge in [-0.1, -0.05) is 23.2 Å². The molecule has 0 fully saturated rings. The Morgan fingerprint density at radius 1 is 1.42 bits per heavy atom. The first-order chi connectivity index (χ1) is 12.4. The van der Waals surface area contributed by atoms with Crippen molar-refractivity contribution < 1.29 is 14.3 Å². The van der Waals surface area contributed by atoms with E-state index in [0.29, 0.717) is 32.8 Å². The number of β-amino-alcohol motifs (C(OH)–C–C–N with tert-alkyl or cyclic N) is 1. The van der Waals surface area contributed by atoms with Gasteiger partial charge in [0.15, 0.2) is 0 Å². The molecule has 1 amide bonds. The van der Waals surface area contributed by atoms with Gasteiger partial charge in [0.2, 0.25) is 0 Å². The van der Waals surface area contributed by atoms with Crippen molar-refractivity contribution in [3.05, 3.63) is 51.9 Å². The van der Waals surface area contributed by atoms with Crippen LogP contribution in [0.3, 0.4) is 0 Å². The number of nitrogens with zero attached hydrogens (tertiary/aromatic N) is 2. The van der Waals surface area contributed by atoms with Gasteiger partial charge < -0.3 is 14.8 Å². The fraction of sp³-hybridized carbons (Fsp3) is 0.235. The predicted octanol–water partition coefficient (Wildman–Crippen LogP) is 3.02. The van der Waals surface area contributed by atoms with Gasteiger partial charge >= 0.3 is 0 Å². The van der Waals surface area contributed by atoms with Crippen LogP contribution in [-0.2, 0) is 10.4 Å². The average molecular weight is 393 g/mol. The number of rotatable bonds is 5. The van der Waals surface area contributed by atoms with Crippen molar-refractivity contribution in [1.29, 1.82) is 5.26 Å². The zero-order chi connectivity index (χ0) is 18.7. The van der Waals surface area contributed by atoms with E-state index < -0.39 is 11.5 Å². The molecule has 2 heterocycles. The SMILES string of the molecule is N#CCC(=O)NN=C(CC1(O)CNc2c(Cl)ccc(Cl)c21)c1ccco1. The predicted molar refractivity (Wildman–Crippen MR) is 97.1 cm³/mol. The Kier molecular flexibility index (Phi) is 5.18. The van der Waals surface area contributed by atoms with Gasteiger partial charge in [-0.2, -0.15) is 10.4 Å². The maximum absolute atomic E-state index is 11.5. The topological polar surface area (TPSA) is 111 Å². The Balaban J connectivity index is 1.94. The molecule has 1 aromatic carbocycles. The normalized spacial score (nSPS) is 18.8. The fourth-order valence-corrected chi connectivity index (χ4v) is 3.35. The van der Waals surface area contributed by atoms with Gasteiger partial charge in [0, 0.05) is 23.6 Å². The van der Waals surface area contributed by atoms with Crippen LogP contribution in [0.2, 0.25) is 10.0 Å². The first-order valence-electron chi connectivity index (χ1n) is 7.65. The van der Waals surface area contributed by atoms with Crippen molar-refractivity contribution >= 4 is 40.5 Å². The molecule has 1 aliphatic heterocycles. The molecule has 1 aliphatic rings. The van der Waals surface area contributed by atoms with Crippen LogP contribution in [0.25, 0.3) is 0 Å². The van der Waals surface area contributed by atoms with Gasteiger partial charge in [-0.25, -0.2) is 5.43 Å². The van der Waals surface area contributed by atoms with E-state index in [1.165, 1.54) is 6.26 Å². The fourth-order valence-electron chi connectivity index (χ4n) is 2.80. The Labute approximate surface area is 159 Å². The second-order valence-corrected chi connectivity index (χ2v) is 6.56. The largest absolute Gasteiger partial charge is 0.463 e. The first kappa shape index (κ1) is 18.3. The molecule has 0 aliphatic carbocycles. The van der Waals surface area contributed by atoms with Gasteiger partial charge in [-0.3, -0.25) is 4.79 Å². The van der Waals surface area contributed by atoms with Gasteiger partial charge in [-0.05, 0) is 24.3 Å². The van der Waals surface area contributed by atoms with Crippen LogP contribution in [0.15, 0.2) is 40.0 Å². The molecule has 1 atom stereocenters. The van der Waals surface area contributed by atoms with Crippen molar-refractivity contribution in [2.45, 2.75) is 18.4 Å². The zero-order valence-electron chi connectivity index (χ0n) is 13.4. The van der Waals surface area contributed by atoms with Crippen LogP contribution in [0, 0.1) is 11.3 Å². The summed E-state index contributed by atoms with van der Waals surface area (Å²) in [5.74, 6) is -0.183. The van der Waals surface area contributed by atoms with Crippen molar-refractivity contribution in [3.8, 4) is 6.07 Å². The highest BCUT2D eigenvalue weighted by molar-refractivity contribution is 6.36. The van der Waals surface area contributed by atoms with E-state index in [0.717, 1.165) is 0 Å². The summed E-state index contributed by atoms with van der Waals surface area (Å²) in [7, 11) is 0. The van der Waals surface area contributed by atoms with Gasteiger partial charge in [0.1, 0.15) is 23.5 Å². The third-order valence-corrected chi connectivity index (χ3v) is 4.58. The number of nitrogens with one attached hydrogen (secondary N) is 2. The number of nitriles is 1. The maximum Gasteiger partial charge on any atom is 0.254 e. The summed E-state index contributed by atoms with van der Waals surface area (Å²) < 4.78 is 5.35. The number of amides is 1. The molecule has 9 heteroatoms. The van der Waals surface area contributed by atoms with Crippen molar-refractivity contribution in [1.82, 2.24) is 5.43 Å². The lowest BCUT2D eigenvalue weighted by Gasteiger charge is -2.24. The third kappa shape index (κ3) is 3.53. The quantitative estimate of drug-likeness (QED) is 0.534. The van der Waals surface area contributed by atoms with E-state index in [1.54, 1.807) is 30.3 Å². The summed E-state index contributed by atoms with van der Waals surface area (Å²) in [5.41, 5.74) is 2.22. The summed E-state index contributed by atoms with van der Waals surface area (Å²) in [6, 6.07) is 8.31. The highest BCUT2D eigenvalue weighted by Crippen LogP contribution is 2.45. The van der Waals surface area contributed by atoms with Crippen molar-refractivity contribution in [2.24, 2.45) is 5.10 Å². The van der Waals surface area contributed by atoms with E-state index >= 15 is 0 Å². The summed E-state index contributed by atoms with van der Waals surface area (Å²) >= 11 is 12.4. The highest BCUT2D eigenvalue weighted by Gasteiger charge is 2.41. The second-order valence-electron chi connectivity index (χ2n) is 5.75. The number of hydrogen-bond acceptors (Lipinski definition) is 6. The molecule has 0 bridgehead atoms. The van der Waals surface area contributed by atoms with Crippen LogP contribution in [0.4, 0.5) is 5.69 Å². The third-order valence-electron chi connectivity index (χ3n) is 3.95. The monoisotopic (exact) mass is 392 g/mol. The molecule has 134 valence electrons. The molecular formula is C17H14Cl2N4O3. The van der Waals surface area contributed by atoms with Gasteiger partial charge in [-0.15, -0.1) is 0 Å². The smallest absolute Gasteiger partial charge is 0.254 e. The minimum absolute atomic E-state index is 0.00735. The molecule has 7 nitrogen and oxygen atoms in total. The van der Waals surface area contributed by atoms with Crippen LogP contribution in [0.5, 0.6) is 0 Å². The van der Waals surface area contributed by atoms with Gasteiger partial charge in [0.25, 0.3) is 5.91 Å². The molecule has 26 heavy (non-hydrogen) atoms. The van der Waals surface area contributed by atoms with Crippen LogP contribution < -0.4 is 10.7 Å². The van der Waals surface area contributed by atoms with E-state index in [1.807, 2.05) is 0 Å². The standard InChI is InChI=1S/C17H14Cl2N4O3/c18-10-3-4-11(19)16-15(10)17(25,9-21-16)8-12(13-2-1-7-26-13)22-23-14(24)5-6-20/h1-4,7,21,25H,5,8-9H2,(H,23,24). The Morgan fingerprint density at radius 3 is 2.88 bits per heavy atom. The molecule has 1 unspecified atom stereocenters. The number of aliphatic hydroxyl groups is 1. The van der Waals surface area contributed by atoms with Crippen molar-refractivity contribution in [3.63, 3.8) is 0 Å². The highest BCUT2D eigenvalue weighted by atomic mass is 35.5. The molecule has 0 saturated carbocycles. The molecule has 0 saturated heterocycles. The number of benzene rings is 1. The van der Waals surface area contributed by atoms with Crippen molar-refractivity contribution in [2.75, 3.05) is 11.9 Å². The summed E-state index contributed by atoms with van der Waals surface area (Å²) in [6.07, 6.45) is 1.13. The Hall–Kier alpha value is -2.53. The average Bonchev–Trinajstić information content (AvgIpc) is 3.24. The van der Waals surface area contributed by atoms with E-state index in [2.05, 4.69) is 15.8 Å². The van der Waals surface area contributed by atoms with Crippen LogP contribution >= 0.6 is 23.2 Å². The summed E-state index contributed by atoms with van der Waals surface area (Å²) in [5, 5.41) is 27.7. The lowest BCUT2D eigenvalue weighted by molar-refractivity contribution is -0.120. The first-order valence-corrected chi connectivity index (χ1v) is 8.41. The Morgan fingerprint density at radius 2 is 2.19 bits per heavy atom.